The summed E-state index contributed by atoms with van der Waals surface area (Å²) in [4.78, 5) is 25.0. The monoisotopic (exact) mass is 421 g/mol. The number of methoxy groups -OCH3 is 1. The largest absolute Gasteiger partial charge is 0.508 e. The molecule has 1 aromatic heterocycles. The normalized spacial score (nSPS) is 11.5. The Morgan fingerprint density at radius 3 is 2.57 bits per heavy atom. The van der Waals surface area contributed by atoms with Crippen LogP contribution in [-0.4, -0.2) is 18.1 Å². The Morgan fingerprint density at radius 1 is 1.20 bits per heavy atom. The summed E-state index contributed by atoms with van der Waals surface area (Å²) in [5.41, 5.74) is -2.34. The van der Waals surface area contributed by atoms with Gasteiger partial charge in [0.2, 0.25) is 0 Å². The Hall–Kier alpha value is -3.49. The lowest BCUT2D eigenvalue weighted by molar-refractivity contribution is -0.137. The van der Waals surface area contributed by atoms with E-state index in [-0.39, 0.29) is 5.58 Å². The van der Waals surface area contributed by atoms with Crippen molar-refractivity contribution in [2.75, 3.05) is 12.4 Å². The van der Waals surface area contributed by atoms with Crippen LogP contribution in [0.15, 0.2) is 45.6 Å². The van der Waals surface area contributed by atoms with E-state index in [9.17, 15) is 27.9 Å². The number of carbonyl (C=O) groups excluding carboxylic acids is 1. The van der Waals surface area contributed by atoms with Gasteiger partial charge >= 0.3 is 11.8 Å². The average molecular weight is 421 g/mol. The Balaban J connectivity index is 2.05. The minimum absolute atomic E-state index is 0.262. The molecule has 0 aliphatic rings. The molecule has 3 aromatic rings. The second-order valence-electron chi connectivity index (χ2n) is 6.54. The van der Waals surface area contributed by atoms with E-state index in [4.69, 9.17) is 9.15 Å². The molecule has 0 radical (unpaired) electrons. The van der Waals surface area contributed by atoms with E-state index in [1.807, 2.05) is 6.92 Å². The number of benzene rings is 2. The minimum Gasteiger partial charge on any atom is -0.508 e. The van der Waals surface area contributed by atoms with Gasteiger partial charge in [0.25, 0.3) is 5.91 Å². The fourth-order valence-electron chi connectivity index (χ4n) is 3.13. The molecule has 0 spiro atoms. The number of nitrogens with one attached hydrogen (secondary N) is 1. The van der Waals surface area contributed by atoms with Crippen LogP contribution in [0.25, 0.3) is 11.0 Å². The zero-order valence-electron chi connectivity index (χ0n) is 16.1. The Labute approximate surface area is 168 Å². The number of aromatic hydroxyl groups is 1. The molecule has 1 amide bonds. The molecule has 0 atom stereocenters. The fourth-order valence-corrected chi connectivity index (χ4v) is 3.13. The third-order valence-corrected chi connectivity index (χ3v) is 4.48. The van der Waals surface area contributed by atoms with E-state index in [1.165, 1.54) is 13.2 Å². The van der Waals surface area contributed by atoms with Gasteiger partial charge in [0.15, 0.2) is 0 Å². The van der Waals surface area contributed by atoms with Crippen LogP contribution in [0.4, 0.5) is 18.9 Å². The smallest absolute Gasteiger partial charge is 0.418 e. The summed E-state index contributed by atoms with van der Waals surface area (Å²) in [7, 11) is 1.48. The molecule has 0 saturated carbocycles. The molecule has 6 nitrogen and oxygen atoms in total. The number of alkyl halides is 3. The summed E-state index contributed by atoms with van der Waals surface area (Å²) in [5.74, 6) is -1.14. The molecular formula is C21H18F3NO5. The van der Waals surface area contributed by atoms with Crippen molar-refractivity contribution >= 4 is 22.6 Å². The van der Waals surface area contributed by atoms with E-state index in [1.54, 1.807) is 12.1 Å². The lowest BCUT2D eigenvalue weighted by Gasteiger charge is -2.14. The van der Waals surface area contributed by atoms with Crippen molar-refractivity contribution in [1.82, 2.24) is 0 Å². The molecule has 0 unspecified atom stereocenters. The predicted molar refractivity (Wildman–Crippen MR) is 104 cm³/mol. The number of anilines is 1. The lowest BCUT2D eigenvalue weighted by Crippen LogP contribution is -2.22. The number of hydrogen-bond acceptors (Lipinski definition) is 5. The van der Waals surface area contributed by atoms with Gasteiger partial charge in [-0.1, -0.05) is 13.3 Å². The fraction of sp³-hybridized carbons (Fsp3) is 0.238. The van der Waals surface area contributed by atoms with Gasteiger partial charge in [-0.25, -0.2) is 4.79 Å². The maximum atomic E-state index is 13.2. The second-order valence-corrected chi connectivity index (χ2v) is 6.54. The zero-order valence-corrected chi connectivity index (χ0v) is 16.1. The van der Waals surface area contributed by atoms with E-state index in [0.29, 0.717) is 29.2 Å². The highest BCUT2D eigenvalue weighted by molar-refractivity contribution is 6.06. The van der Waals surface area contributed by atoms with Crippen LogP contribution in [0.3, 0.4) is 0 Å². The molecule has 9 heteroatoms. The first-order valence-corrected chi connectivity index (χ1v) is 9.01. The van der Waals surface area contributed by atoms with E-state index >= 15 is 0 Å². The number of phenols is 1. The van der Waals surface area contributed by atoms with E-state index in [2.05, 4.69) is 5.32 Å². The Bertz CT molecular complexity index is 1170. The standard InChI is InChI=1S/C21H18F3NO5/c1-3-4-13-17(29-2)8-5-11-9-14(20(28)30-18(11)13)19(27)25-16-7-6-12(26)10-15(16)21(22,23)24/h5-10,26H,3-4H2,1-2H3,(H,25,27). The maximum absolute atomic E-state index is 13.2. The maximum Gasteiger partial charge on any atom is 0.418 e. The van der Waals surface area contributed by atoms with E-state index in [0.717, 1.165) is 18.6 Å². The van der Waals surface area contributed by atoms with E-state index < -0.39 is 40.3 Å². The van der Waals surface area contributed by atoms with Crippen LogP contribution in [0, 0.1) is 0 Å². The van der Waals surface area contributed by atoms with Crippen molar-refractivity contribution in [1.29, 1.82) is 0 Å². The zero-order chi connectivity index (χ0) is 22.1. The summed E-state index contributed by atoms with van der Waals surface area (Å²) in [6.45, 7) is 1.94. The van der Waals surface area contributed by atoms with Gasteiger partial charge in [-0.15, -0.1) is 0 Å². The SMILES string of the molecule is CCCc1c(OC)ccc2cc(C(=O)Nc3ccc(O)cc3C(F)(F)F)c(=O)oc12. The number of phenolic OH excluding ortho intramolecular Hbond substituents is 1. The van der Waals surface area contributed by atoms with Crippen LogP contribution in [0.5, 0.6) is 11.5 Å². The first kappa shape index (κ1) is 21.2. The predicted octanol–water partition coefficient (Wildman–Crippen LogP) is 4.73. The van der Waals surface area contributed by atoms with Crippen LogP contribution < -0.4 is 15.7 Å². The molecule has 1 heterocycles. The van der Waals surface area contributed by atoms with Gasteiger partial charge in [-0.3, -0.25) is 4.79 Å². The number of aryl methyl sites for hydroxylation is 1. The first-order valence-electron chi connectivity index (χ1n) is 9.01. The highest BCUT2D eigenvalue weighted by Gasteiger charge is 2.34. The summed E-state index contributed by atoms with van der Waals surface area (Å²) in [5, 5.41) is 11.8. The first-order chi connectivity index (χ1) is 14.2. The second kappa shape index (κ2) is 8.10. The number of fused-ring (bicyclic) bond motifs is 1. The molecule has 2 N–H and O–H groups in total. The molecule has 0 aliphatic heterocycles. The average Bonchev–Trinajstić information content (AvgIpc) is 2.68. The van der Waals surface area contributed by atoms with Crippen molar-refractivity contribution in [2.45, 2.75) is 25.9 Å². The quantitative estimate of drug-likeness (QED) is 0.459. The number of halogens is 3. The third kappa shape index (κ3) is 4.10. The van der Waals surface area contributed by atoms with Crippen molar-refractivity contribution in [2.24, 2.45) is 0 Å². The van der Waals surface area contributed by atoms with Gasteiger partial charge in [-0.05, 0) is 42.8 Å². The molecule has 0 aliphatic carbocycles. The van der Waals surface area contributed by atoms with Crippen molar-refractivity contribution in [3.63, 3.8) is 0 Å². The highest BCUT2D eigenvalue weighted by Crippen LogP contribution is 2.37. The van der Waals surface area contributed by atoms with Crippen molar-refractivity contribution in [3.8, 4) is 11.5 Å². The topological polar surface area (TPSA) is 88.8 Å². The molecule has 2 aromatic carbocycles. The number of rotatable bonds is 5. The number of ether oxygens (including phenoxy) is 1. The summed E-state index contributed by atoms with van der Waals surface area (Å²) in [6.07, 6.45) is -3.50. The van der Waals surface area contributed by atoms with Crippen LogP contribution in [0.1, 0.15) is 34.8 Å². The summed E-state index contributed by atoms with van der Waals surface area (Å²) < 4.78 is 50.2. The molecule has 158 valence electrons. The number of amides is 1. The Morgan fingerprint density at radius 2 is 1.93 bits per heavy atom. The van der Waals surface area contributed by atoms with Crippen LogP contribution >= 0.6 is 0 Å². The molecule has 30 heavy (non-hydrogen) atoms. The Kier molecular flexibility index (Phi) is 5.73. The number of carbonyl (C=O) groups is 1. The molecule has 0 bridgehead atoms. The van der Waals surface area contributed by atoms with Gasteiger partial charge in [0, 0.05) is 10.9 Å². The summed E-state index contributed by atoms with van der Waals surface area (Å²) in [6, 6.07) is 6.91. The molecular weight excluding hydrogens is 403 g/mol. The molecule has 0 fully saturated rings. The van der Waals surface area contributed by atoms with Crippen molar-refractivity contribution < 1.29 is 32.2 Å². The molecule has 3 rings (SSSR count). The van der Waals surface area contributed by atoms with Crippen LogP contribution in [0.2, 0.25) is 0 Å². The van der Waals surface area contributed by atoms with Crippen molar-refractivity contribution in [3.05, 3.63) is 63.5 Å². The van der Waals surface area contributed by atoms with Gasteiger partial charge in [0.1, 0.15) is 22.6 Å². The third-order valence-electron chi connectivity index (χ3n) is 4.48. The minimum atomic E-state index is -4.82. The summed E-state index contributed by atoms with van der Waals surface area (Å²) >= 11 is 0. The lowest BCUT2D eigenvalue weighted by atomic mass is 10.0. The van der Waals surface area contributed by atoms with Crippen LogP contribution in [-0.2, 0) is 12.6 Å². The van der Waals surface area contributed by atoms with Gasteiger partial charge < -0.3 is 19.6 Å². The van der Waals surface area contributed by atoms with Gasteiger partial charge in [-0.2, -0.15) is 13.2 Å². The number of hydrogen-bond donors (Lipinski definition) is 2. The highest BCUT2D eigenvalue weighted by atomic mass is 19.4. The molecule has 0 saturated heterocycles. The van der Waals surface area contributed by atoms with Gasteiger partial charge in [0.05, 0.1) is 18.4 Å².